The Balaban J connectivity index is 1.46. The van der Waals surface area contributed by atoms with Crippen LogP contribution in [-0.2, 0) is 10.2 Å². The first-order valence-electron chi connectivity index (χ1n) is 11.6. The first-order chi connectivity index (χ1) is 16.6. The number of nitrogens with one attached hydrogen (secondary N) is 2. The molecule has 5 nitrogen and oxygen atoms in total. The molecule has 0 heterocycles. The van der Waals surface area contributed by atoms with Crippen molar-refractivity contribution in [1.82, 2.24) is 5.32 Å². The minimum atomic E-state index is -0.188. The van der Waals surface area contributed by atoms with Crippen molar-refractivity contribution in [2.24, 2.45) is 0 Å². The number of hydrogen-bond donors (Lipinski definition) is 2. The van der Waals surface area contributed by atoms with Crippen molar-refractivity contribution in [2.75, 3.05) is 19.0 Å². The van der Waals surface area contributed by atoms with E-state index in [0.29, 0.717) is 17.9 Å². The predicted octanol–water partition coefficient (Wildman–Crippen LogP) is 5.50. The molecule has 1 saturated carbocycles. The van der Waals surface area contributed by atoms with E-state index in [-0.39, 0.29) is 17.2 Å². The van der Waals surface area contributed by atoms with Gasteiger partial charge < -0.3 is 15.4 Å². The van der Waals surface area contributed by atoms with Gasteiger partial charge in [-0.2, -0.15) is 0 Å². The molecule has 2 amide bonds. The number of ether oxygens (including phenoxy) is 1. The summed E-state index contributed by atoms with van der Waals surface area (Å²) in [7, 11) is 1.57. The van der Waals surface area contributed by atoms with Crippen molar-refractivity contribution in [3.63, 3.8) is 0 Å². The minimum Gasteiger partial charge on any atom is -0.496 e. The monoisotopic (exact) mass is 454 g/mol. The Morgan fingerprint density at radius 1 is 0.882 bits per heavy atom. The fraction of sp³-hybridized carbons (Fsp3) is 0.241. The third kappa shape index (κ3) is 5.54. The zero-order chi connectivity index (χ0) is 23.8. The zero-order valence-electron chi connectivity index (χ0n) is 19.4. The van der Waals surface area contributed by atoms with E-state index in [2.05, 4.69) is 22.8 Å². The second-order valence-corrected chi connectivity index (χ2v) is 8.69. The topological polar surface area (TPSA) is 67.4 Å². The summed E-state index contributed by atoms with van der Waals surface area (Å²) >= 11 is 0. The Labute approximate surface area is 200 Å². The average Bonchev–Trinajstić information content (AvgIpc) is 2.89. The zero-order valence-corrected chi connectivity index (χ0v) is 19.4. The lowest BCUT2D eigenvalue weighted by atomic mass is 9.68. The Morgan fingerprint density at radius 3 is 2.18 bits per heavy atom. The molecule has 0 spiro atoms. The molecule has 0 bridgehead atoms. The predicted molar refractivity (Wildman–Crippen MR) is 135 cm³/mol. The molecular weight excluding hydrogens is 424 g/mol. The van der Waals surface area contributed by atoms with E-state index in [1.165, 1.54) is 5.56 Å². The van der Waals surface area contributed by atoms with Crippen molar-refractivity contribution in [1.29, 1.82) is 0 Å². The van der Waals surface area contributed by atoms with Gasteiger partial charge in [-0.25, -0.2) is 0 Å². The van der Waals surface area contributed by atoms with Gasteiger partial charge >= 0.3 is 0 Å². The molecule has 1 aliphatic rings. The summed E-state index contributed by atoms with van der Waals surface area (Å²) in [5, 5.41) is 6.08. The van der Waals surface area contributed by atoms with Crippen LogP contribution >= 0.6 is 0 Å². The van der Waals surface area contributed by atoms with Crippen LogP contribution in [0.5, 0.6) is 5.75 Å². The van der Waals surface area contributed by atoms with Crippen LogP contribution in [0.25, 0.3) is 0 Å². The number of methoxy groups -OCH3 is 1. The molecule has 2 N–H and O–H groups in total. The largest absolute Gasteiger partial charge is 0.496 e. The van der Waals surface area contributed by atoms with Crippen LogP contribution in [0.4, 0.5) is 5.69 Å². The van der Waals surface area contributed by atoms with E-state index < -0.39 is 0 Å². The molecule has 5 heteroatoms. The second kappa shape index (κ2) is 10.8. The third-order valence-electron chi connectivity index (χ3n) is 6.55. The first kappa shape index (κ1) is 23.3. The lowest BCUT2D eigenvalue weighted by Crippen LogP contribution is -2.42. The highest BCUT2D eigenvalue weighted by Crippen LogP contribution is 2.41. The van der Waals surface area contributed by atoms with Gasteiger partial charge in [-0.15, -0.1) is 0 Å². The van der Waals surface area contributed by atoms with E-state index in [1.54, 1.807) is 25.3 Å². The fourth-order valence-electron chi connectivity index (χ4n) is 4.62. The van der Waals surface area contributed by atoms with Crippen LogP contribution in [0, 0.1) is 0 Å². The summed E-state index contributed by atoms with van der Waals surface area (Å²) in [5.41, 5.74) is 3.48. The Hall–Kier alpha value is -3.86. The lowest BCUT2D eigenvalue weighted by molar-refractivity contribution is -0.112. The summed E-state index contributed by atoms with van der Waals surface area (Å²) in [5.74, 6) is 0.321. The smallest absolute Gasteiger partial charge is 0.255 e. The normalized spacial score (nSPS) is 17.5. The quantitative estimate of drug-likeness (QED) is 0.463. The lowest BCUT2D eigenvalue weighted by Gasteiger charge is -2.39. The Morgan fingerprint density at radius 2 is 1.50 bits per heavy atom. The molecule has 1 aliphatic carbocycles. The number of carbonyl (C=O) groups is 2. The number of benzene rings is 3. The third-order valence-corrected chi connectivity index (χ3v) is 6.55. The number of hydrogen-bond acceptors (Lipinski definition) is 3. The molecule has 174 valence electrons. The molecule has 0 saturated heterocycles. The van der Waals surface area contributed by atoms with Crippen LogP contribution in [0.1, 0.15) is 41.6 Å². The second-order valence-electron chi connectivity index (χ2n) is 8.69. The number of amides is 2. The van der Waals surface area contributed by atoms with E-state index in [0.717, 1.165) is 36.9 Å². The van der Waals surface area contributed by atoms with Crippen molar-refractivity contribution >= 4 is 17.5 Å². The maximum absolute atomic E-state index is 13.0. The molecular formula is C29H30N2O3. The van der Waals surface area contributed by atoms with Crippen molar-refractivity contribution in [3.8, 4) is 5.75 Å². The van der Waals surface area contributed by atoms with Crippen LogP contribution in [0.2, 0.25) is 0 Å². The average molecular weight is 455 g/mol. The summed E-state index contributed by atoms with van der Waals surface area (Å²) in [4.78, 5) is 25.5. The number of carbonyl (C=O) groups excluding carboxylic acids is 2. The van der Waals surface area contributed by atoms with Gasteiger partial charge in [-0.3, -0.25) is 9.59 Å². The van der Waals surface area contributed by atoms with Crippen LogP contribution in [0.3, 0.4) is 0 Å². The molecule has 3 aromatic rings. The highest BCUT2D eigenvalue weighted by atomic mass is 16.5. The molecule has 0 aliphatic heterocycles. The molecule has 0 atom stereocenters. The highest BCUT2D eigenvalue weighted by Gasteiger charge is 2.36. The first-order valence-corrected chi connectivity index (χ1v) is 11.6. The van der Waals surface area contributed by atoms with E-state index in [4.69, 9.17) is 4.74 Å². The van der Waals surface area contributed by atoms with E-state index in [1.807, 2.05) is 60.7 Å². The highest BCUT2D eigenvalue weighted by molar-refractivity contribution is 5.99. The molecule has 4 rings (SSSR count). The van der Waals surface area contributed by atoms with E-state index >= 15 is 0 Å². The van der Waals surface area contributed by atoms with Crippen LogP contribution < -0.4 is 15.4 Å². The summed E-state index contributed by atoms with van der Waals surface area (Å²) in [6, 6.07) is 27.1. The summed E-state index contributed by atoms with van der Waals surface area (Å²) in [6.45, 7) is 0.525. The van der Waals surface area contributed by atoms with E-state index in [9.17, 15) is 9.59 Å². The number of allylic oxidation sites excluding steroid dienone is 1. The molecule has 0 aromatic heterocycles. The maximum Gasteiger partial charge on any atom is 0.255 e. The fourth-order valence-corrected chi connectivity index (χ4v) is 4.62. The molecule has 34 heavy (non-hydrogen) atoms. The molecule has 3 aromatic carbocycles. The number of para-hydroxylation sites is 2. The van der Waals surface area contributed by atoms with Gasteiger partial charge in [0, 0.05) is 23.7 Å². The van der Waals surface area contributed by atoms with Gasteiger partial charge in [0.1, 0.15) is 5.75 Å². The molecule has 0 unspecified atom stereocenters. The molecule has 0 radical (unpaired) electrons. The van der Waals surface area contributed by atoms with Crippen molar-refractivity contribution < 1.29 is 14.3 Å². The number of rotatable bonds is 7. The van der Waals surface area contributed by atoms with Crippen molar-refractivity contribution in [2.45, 2.75) is 31.1 Å². The Kier molecular flexibility index (Phi) is 7.43. The van der Waals surface area contributed by atoms with Gasteiger partial charge in [-0.1, -0.05) is 66.2 Å². The van der Waals surface area contributed by atoms with Gasteiger partial charge in [-0.05, 0) is 55.5 Å². The van der Waals surface area contributed by atoms with Crippen LogP contribution in [-0.4, -0.2) is 25.5 Å². The molecule has 1 fully saturated rings. The van der Waals surface area contributed by atoms with Gasteiger partial charge in [0.05, 0.1) is 12.7 Å². The standard InChI is InChI=1S/C29H30N2O3/c1-34-26-15-9-8-14-25(26)28(33)30-21-29(23-10-4-2-5-11-23)18-16-22(17-19-29)20-27(32)31-24-12-6-3-7-13-24/h2-15,20H,16-19,21H2,1H3,(H,30,33)(H,31,32). The summed E-state index contributed by atoms with van der Waals surface area (Å²) in [6.07, 6.45) is 5.06. The van der Waals surface area contributed by atoms with Gasteiger partial charge in [0.15, 0.2) is 0 Å². The maximum atomic E-state index is 13.0. The Bertz CT molecular complexity index is 1150. The summed E-state index contributed by atoms with van der Waals surface area (Å²) < 4.78 is 5.36. The van der Waals surface area contributed by atoms with Gasteiger partial charge in [0.2, 0.25) is 5.91 Å². The number of anilines is 1. The van der Waals surface area contributed by atoms with Crippen LogP contribution in [0.15, 0.2) is 96.6 Å². The van der Waals surface area contributed by atoms with Gasteiger partial charge in [0.25, 0.3) is 5.91 Å². The SMILES string of the molecule is COc1ccccc1C(=O)NCC1(c2ccccc2)CCC(=CC(=O)Nc2ccccc2)CC1. The van der Waals surface area contributed by atoms with Crippen molar-refractivity contribution in [3.05, 3.63) is 108 Å². The minimum absolute atomic E-state index is 0.0992.